The van der Waals surface area contributed by atoms with Crippen molar-refractivity contribution in [1.82, 2.24) is 24.9 Å². The largest absolute Gasteiger partial charge is 0.338 e. The lowest BCUT2D eigenvalue weighted by Gasteiger charge is -2.10. The smallest absolute Gasteiger partial charge is 0.270 e. The summed E-state index contributed by atoms with van der Waals surface area (Å²) in [5, 5.41) is 26.6. The van der Waals surface area contributed by atoms with Gasteiger partial charge in [0.2, 0.25) is 17.6 Å². The fourth-order valence-electron chi connectivity index (χ4n) is 2.98. The SMILES string of the molecule is CC(=O)Nc1cccc(-n2c(C)nnc2SCc2nc(-c3cccc([N+](=O)[O-])c3)no2)c1. The van der Waals surface area contributed by atoms with Crippen molar-refractivity contribution in [1.29, 1.82) is 0 Å². The van der Waals surface area contributed by atoms with Crippen LogP contribution in [-0.2, 0) is 10.5 Å². The lowest BCUT2D eigenvalue weighted by molar-refractivity contribution is -0.384. The molecule has 0 aliphatic heterocycles. The number of anilines is 1. The third-order valence-corrected chi connectivity index (χ3v) is 5.24. The van der Waals surface area contributed by atoms with Crippen LogP contribution in [0.5, 0.6) is 0 Å². The van der Waals surface area contributed by atoms with E-state index in [2.05, 4.69) is 25.7 Å². The van der Waals surface area contributed by atoms with E-state index in [0.717, 1.165) is 5.69 Å². The highest BCUT2D eigenvalue weighted by atomic mass is 32.2. The van der Waals surface area contributed by atoms with Crippen molar-refractivity contribution in [2.75, 3.05) is 5.32 Å². The molecule has 0 saturated heterocycles. The number of nitrogens with zero attached hydrogens (tertiary/aromatic N) is 6. The van der Waals surface area contributed by atoms with Gasteiger partial charge in [0.1, 0.15) is 5.82 Å². The predicted molar refractivity (Wildman–Crippen MR) is 116 cm³/mol. The predicted octanol–water partition coefficient (Wildman–Crippen LogP) is 3.78. The molecule has 0 fully saturated rings. The van der Waals surface area contributed by atoms with Crippen LogP contribution >= 0.6 is 11.8 Å². The van der Waals surface area contributed by atoms with Gasteiger partial charge < -0.3 is 9.84 Å². The fraction of sp³-hybridized carbons (Fsp3) is 0.150. The zero-order chi connectivity index (χ0) is 22.7. The summed E-state index contributed by atoms with van der Waals surface area (Å²) in [5.41, 5.74) is 1.91. The van der Waals surface area contributed by atoms with Crippen molar-refractivity contribution in [2.45, 2.75) is 24.8 Å². The van der Waals surface area contributed by atoms with E-state index in [-0.39, 0.29) is 17.4 Å². The molecule has 0 aliphatic rings. The molecule has 11 nitrogen and oxygen atoms in total. The lowest BCUT2D eigenvalue weighted by atomic mass is 10.2. The van der Waals surface area contributed by atoms with Crippen LogP contribution in [0.4, 0.5) is 11.4 Å². The van der Waals surface area contributed by atoms with Crippen LogP contribution in [-0.4, -0.2) is 35.7 Å². The molecule has 0 spiro atoms. The number of rotatable bonds is 7. The van der Waals surface area contributed by atoms with Crippen molar-refractivity contribution >= 4 is 29.0 Å². The maximum absolute atomic E-state index is 11.4. The number of hydrogen-bond acceptors (Lipinski definition) is 9. The summed E-state index contributed by atoms with van der Waals surface area (Å²) in [4.78, 5) is 26.2. The highest BCUT2D eigenvalue weighted by molar-refractivity contribution is 7.98. The second-order valence-corrected chi connectivity index (χ2v) is 7.65. The molecule has 0 radical (unpaired) electrons. The first kappa shape index (κ1) is 21.2. The van der Waals surface area contributed by atoms with Gasteiger partial charge in [-0.05, 0) is 25.1 Å². The van der Waals surface area contributed by atoms with E-state index >= 15 is 0 Å². The minimum atomic E-state index is -0.476. The molecule has 32 heavy (non-hydrogen) atoms. The molecule has 12 heteroatoms. The van der Waals surface area contributed by atoms with Gasteiger partial charge in [-0.2, -0.15) is 4.98 Å². The maximum atomic E-state index is 11.4. The summed E-state index contributed by atoms with van der Waals surface area (Å²) in [5.74, 6) is 1.45. The second kappa shape index (κ2) is 8.98. The van der Waals surface area contributed by atoms with E-state index in [0.29, 0.717) is 33.9 Å². The van der Waals surface area contributed by atoms with E-state index in [1.807, 2.05) is 29.7 Å². The molecule has 0 aliphatic carbocycles. The molecule has 4 aromatic rings. The number of nitrogens with one attached hydrogen (secondary N) is 1. The van der Waals surface area contributed by atoms with Gasteiger partial charge in [0.05, 0.1) is 16.4 Å². The Hall–Kier alpha value is -4.06. The Bertz CT molecular complexity index is 1300. The van der Waals surface area contributed by atoms with Crippen LogP contribution in [0.15, 0.2) is 58.2 Å². The van der Waals surface area contributed by atoms with E-state index < -0.39 is 4.92 Å². The zero-order valence-corrected chi connectivity index (χ0v) is 17.9. The number of benzene rings is 2. The van der Waals surface area contributed by atoms with Crippen molar-refractivity contribution in [3.63, 3.8) is 0 Å². The van der Waals surface area contributed by atoms with Gasteiger partial charge in [-0.25, -0.2) is 0 Å². The van der Waals surface area contributed by atoms with Gasteiger partial charge in [-0.1, -0.05) is 35.1 Å². The average Bonchev–Trinajstić information content (AvgIpc) is 3.38. The number of non-ortho nitro benzene ring substituents is 1. The molecule has 2 aromatic heterocycles. The van der Waals surface area contributed by atoms with Crippen LogP contribution in [0.3, 0.4) is 0 Å². The minimum Gasteiger partial charge on any atom is -0.338 e. The summed E-state index contributed by atoms with van der Waals surface area (Å²) in [6.45, 7) is 3.28. The third-order valence-electron chi connectivity index (χ3n) is 4.33. The molecule has 162 valence electrons. The van der Waals surface area contributed by atoms with Crippen LogP contribution in [0.25, 0.3) is 17.1 Å². The van der Waals surface area contributed by atoms with E-state index in [9.17, 15) is 14.9 Å². The van der Waals surface area contributed by atoms with Crippen LogP contribution < -0.4 is 5.32 Å². The molecule has 4 rings (SSSR count). The zero-order valence-electron chi connectivity index (χ0n) is 17.1. The van der Waals surface area contributed by atoms with Crippen LogP contribution in [0.1, 0.15) is 18.6 Å². The number of nitro benzene ring substituents is 1. The van der Waals surface area contributed by atoms with Crippen molar-refractivity contribution in [3.05, 3.63) is 70.4 Å². The van der Waals surface area contributed by atoms with Gasteiger partial charge >= 0.3 is 0 Å². The summed E-state index contributed by atoms with van der Waals surface area (Å²) in [6, 6.07) is 13.4. The minimum absolute atomic E-state index is 0.0479. The molecule has 2 aromatic carbocycles. The Kier molecular flexibility index (Phi) is 5.94. The fourth-order valence-corrected chi connectivity index (χ4v) is 3.81. The molecular weight excluding hydrogens is 434 g/mol. The summed E-state index contributed by atoms with van der Waals surface area (Å²) in [7, 11) is 0. The van der Waals surface area contributed by atoms with E-state index in [1.54, 1.807) is 18.2 Å². The summed E-state index contributed by atoms with van der Waals surface area (Å²) < 4.78 is 7.15. The van der Waals surface area contributed by atoms with Crippen molar-refractivity contribution < 1.29 is 14.2 Å². The number of aryl methyl sites for hydroxylation is 1. The Labute approximate surface area is 186 Å². The first-order valence-corrected chi connectivity index (χ1v) is 10.4. The van der Waals surface area contributed by atoms with Gasteiger partial charge in [0.25, 0.3) is 5.69 Å². The Morgan fingerprint density at radius 1 is 1.22 bits per heavy atom. The molecule has 0 bridgehead atoms. The van der Waals surface area contributed by atoms with Gasteiger partial charge in [-0.3, -0.25) is 19.5 Å². The van der Waals surface area contributed by atoms with Crippen LogP contribution in [0, 0.1) is 17.0 Å². The Morgan fingerprint density at radius 3 is 2.81 bits per heavy atom. The third kappa shape index (κ3) is 4.64. The quantitative estimate of drug-likeness (QED) is 0.252. The van der Waals surface area contributed by atoms with E-state index in [4.69, 9.17) is 4.52 Å². The maximum Gasteiger partial charge on any atom is 0.270 e. The summed E-state index contributed by atoms with van der Waals surface area (Å²) in [6.07, 6.45) is 0. The lowest BCUT2D eigenvalue weighted by Crippen LogP contribution is -2.07. The van der Waals surface area contributed by atoms with Crippen molar-refractivity contribution in [3.8, 4) is 17.1 Å². The first-order chi connectivity index (χ1) is 15.4. The van der Waals surface area contributed by atoms with Crippen molar-refractivity contribution in [2.24, 2.45) is 0 Å². The van der Waals surface area contributed by atoms with Gasteiger partial charge in [0, 0.05) is 30.3 Å². The van der Waals surface area contributed by atoms with E-state index in [1.165, 1.54) is 30.8 Å². The number of thioether (sulfide) groups is 1. The number of carbonyl (C=O) groups is 1. The highest BCUT2D eigenvalue weighted by Crippen LogP contribution is 2.27. The number of carbonyl (C=O) groups excluding carboxylic acids is 1. The molecule has 0 saturated carbocycles. The normalized spacial score (nSPS) is 10.8. The Morgan fingerprint density at radius 2 is 2.03 bits per heavy atom. The second-order valence-electron chi connectivity index (χ2n) is 6.70. The molecule has 1 amide bonds. The van der Waals surface area contributed by atoms with Crippen LogP contribution in [0.2, 0.25) is 0 Å². The van der Waals surface area contributed by atoms with Gasteiger partial charge in [0.15, 0.2) is 5.16 Å². The standard InChI is InChI=1S/C20H17N7O4S/c1-12-23-24-20(26(12)16-7-4-6-15(10-16)21-13(2)28)32-11-18-22-19(25-31-18)14-5-3-8-17(9-14)27(29)30/h3-10H,11H2,1-2H3,(H,21,28). The topological polar surface area (TPSA) is 142 Å². The highest BCUT2D eigenvalue weighted by Gasteiger charge is 2.16. The number of aromatic nitrogens is 5. The monoisotopic (exact) mass is 451 g/mol. The molecule has 0 atom stereocenters. The van der Waals surface area contributed by atoms with Gasteiger partial charge in [-0.15, -0.1) is 10.2 Å². The number of hydrogen-bond donors (Lipinski definition) is 1. The first-order valence-electron chi connectivity index (χ1n) is 9.41. The molecular formula is C20H17N7O4S. The molecule has 1 N–H and O–H groups in total. The Balaban J connectivity index is 1.52. The molecule has 2 heterocycles. The number of nitro groups is 1. The molecule has 0 unspecified atom stereocenters. The average molecular weight is 451 g/mol. The summed E-state index contributed by atoms with van der Waals surface area (Å²) >= 11 is 1.35. The number of amides is 1.